The highest BCUT2D eigenvalue weighted by atomic mass is 19.1. The van der Waals surface area contributed by atoms with Crippen molar-refractivity contribution in [2.24, 2.45) is 0 Å². The Bertz CT molecular complexity index is 891. The Morgan fingerprint density at radius 1 is 1.04 bits per heavy atom. The van der Waals surface area contributed by atoms with Crippen molar-refractivity contribution < 1.29 is 4.39 Å². The molecule has 7 nitrogen and oxygen atoms in total. The van der Waals surface area contributed by atoms with Crippen molar-refractivity contribution in [3.63, 3.8) is 0 Å². The second-order valence-electron chi connectivity index (χ2n) is 7.62. The molecule has 0 saturated carbocycles. The van der Waals surface area contributed by atoms with Crippen LogP contribution in [0.3, 0.4) is 0 Å². The van der Waals surface area contributed by atoms with Gasteiger partial charge in [-0.05, 0) is 31.5 Å². The van der Waals surface area contributed by atoms with E-state index in [2.05, 4.69) is 24.7 Å². The SMILES string of the molecule is O=c1cc(CN2CCC[C@@H](N3CCN(c4ccccc4F)CC3)C2)[nH]c(=O)[nH]1. The van der Waals surface area contributed by atoms with Crippen LogP contribution >= 0.6 is 0 Å². The highest BCUT2D eigenvalue weighted by molar-refractivity contribution is 5.48. The molecule has 0 radical (unpaired) electrons. The van der Waals surface area contributed by atoms with E-state index in [4.69, 9.17) is 0 Å². The van der Waals surface area contributed by atoms with Gasteiger partial charge in [0.25, 0.3) is 5.56 Å². The predicted octanol–water partition coefficient (Wildman–Crippen LogP) is 0.989. The summed E-state index contributed by atoms with van der Waals surface area (Å²) < 4.78 is 14.0. The van der Waals surface area contributed by atoms with Crippen LogP contribution in [-0.4, -0.2) is 65.1 Å². The number of piperazine rings is 1. The van der Waals surface area contributed by atoms with Crippen molar-refractivity contribution in [2.75, 3.05) is 44.2 Å². The molecule has 2 fully saturated rings. The van der Waals surface area contributed by atoms with Gasteiger partial charge in [0.05, 0.1) is 5.69 Å². The Kier molecular flexibility index (Phi) is 5.59. The van der Waals surface area contributed by atoms with Crippen molar-refractivity contribution in [1.82, 2.24) is 19.8 Å². The molecule has 1 aromatic carbocycles. The standard InChI is InChI=1S/C20H26FN5O2/c21-17-5-1-2-6-18(17)26-10-8-25(9-11-26)16-4-3-7-24(14-16)13-15-12-19(27)23-20(28)22-15/h1-2,5-6,12,16H,3-4,7-11,13-14H2,(H2,22,23,27,28)/t16-/m1/s1. The zero-order valence-corrected chi connectivity index (χ0v) is 15.9. The van der Waals surface area contributed by atoms with Gasteiger partial charge in [-0.25, -0.2) is 9.18 Å². The van der Waals surface area contributed by atoms with E-state index in [-0.39, 0.29) is 11.4 Å². The van der Waals surface area contributed by atoms with Crippen molar-refractivity contribution in [3.05, 3.63) is 62.7 Å². The first-order valence-electron chi connectivity index (χ1n) is 9.87. The quantitative estimate of drug-likeness (QED) is 0.818. The summed E-state index contributed by atoms with van der Waals surface area (Å²) in [6, 6.07) is 8.86. The molecule has 8 heteroatoms. The van der Waals surface area contributed by atoms with Gasteiger partial charge in [-0.15, -0.1) is 0 Å². The Morgan fingerprint density at radius 3 is 2.57 bits per heavy atom. The number of halogens is 1. The van der Waals surface area contributed by atoms with E-state index in [1.807, 2.05) is 12.1 Å². The first-order valence-corrected chi connectivity index (χ1v) is 9.87. The number of nitrogens with zero attached hydrogens (tertiary/aromatic N) is 3. The van der Waals surface area contributed by atoms with Gasteiger partial charge in [0.1, 0.15) is 5.82 Å². The Morgan fingerprint density at radius 2 is 1.82 bits per heavy atom. The number of aromatic nitrogens is 2. The highest BCUT2D eigenvalue weighted by Crippen LogP contribution is 2.23. The maximum absolute atomic E-state index is 14.0. The van der Waals surface area contributed by atoms with E-state index >= 15 is 0 Å². The Labute approximate surface area is 162 Å². The molecule has 2 N–H and O–H groups in total. The van der Waals surface area contributed by atoms with E-state index in [9.17, 15) is 14.0 Å². The lowest BCUT2D eigenvalue weighted by molar-refractivity contribution is 0.0879. The molecule has 0 aliphatic carbocycles. The number of rotatable bonds is 4. The van der Waals surface area contributed by atoms with Gasteiger partial charge in [0.15, 0.2) is 0 Å². The molecular formula is C20H26FN5O2. The van der Waals surface area contributed by atoms with E-state index in [0.29, 0.717) is 24.0 Å². The summed E-state index contributed by atoms with van der Waals surface area (Å²) in [4.78, 5) is 34.8. The van der Waals surface area contributed by atoms with Gasteiger partial charge in [0.2, 0.25) is 0 Å². The van der Waals surface area contributed by atoms with E-state index in [1.54, 1.807) is 6.07 Å². The van der Waals surface area contributed by atoms with Crippen molar-refractivity contribution in [1.29, 1.82) is 0 Å². The monoisotopic (exact) mass is 387 g/mol. The Hall–Kier alpha value is -2.45. The van der Waals surface area contributed by atoms with Crippen LogP contribution in [0.4, 0.5) is 10.1 Å². The van der Waals surface area contributed by atoms with Crippen LogP contribution in [0.1, 0.15) is 18.5 Å². The lowest BCUT2D eigenvalue weighted by atomic mass is 10.0. The molecular weight excluding hydrogens is 361 g/mol. The summed E-state index contributed by atoms with van der Waals surface area (Å²) in [7, 11) is 0. The molecule has 2 aromatic rings. The van der Waals surface area contributed by atoms with Gasteiger partial charge in [-0.3, -0.25) is 19.6 Å². The summed E-state index contributed by atoms with van der Waals surface area (Å²) in [5.41, 5.74) is 0.515. The molecule has 1 aromatic heterocycles. The number of benzene rings is 1. The van der Waals surface area contributed by atoms with Crippen LogP contribution in [0.15, 0.2) is 39.9 Å². The molecule has 4 rings (SSSR count). The minimum absolute atomic E-state index is 0.161. The fraction of sp³-hybridized carbons (Fsp3) is 0.500. The largest absolute Gasteiger partial charge is 0.367 e. The second-order valence-corrected chi connectivity index (χ2v) is 7.62. The van der Waals surface area contributed by atoms with E-state index in [0.717, 1.165) is 52.1 Å². The number of anilines is 1. The molecule has 3 heterocycles. The molecule has 0 unspecified atom stereocenters. The number of hydrogen-bond donors (Lipinski definition) is 2. The van der Waals surface area contributed by atoms with Crippen LogP contribution < -0.4 is 16.1 Å². The smallest absolute Gasteiger partial charge is 0.325 e. The number of hydrogen-bond acceptors (Lipinski definition) is 5. The summed E-state index contributed by atoms with van der Waals surface area (Å²) in [6.07, 6.45) is 2.23. The fourth-order valence-electron chi connectivity index (χ4n) is 4.35. The minimum Gasteiger partial charge on any atom is -0.367 e. The van der Waals surface area contributed by atoms with Crippen LogP contribution in [-0.2, 0) is 6.54 Å². The summed E-state index contributed by atoms with van der Waals surface area (Å²) in [6.45, 7) is 5.90. The average Bonchev–Trinajstić information content (AvgIpc) is 2.68. The highest BCUT2D eigenvalue weighted by Gasteiger charge is 2.28. The number of para-hydroxylation sites is 1. The van der Waals surface area contributed by atoms with Gasteiger partial charge in [0, 0.05) is 57.1 Å². The van der Waals surface area contributed by atoms with Gasteiger partial charge in [-0.2, -0.15) is 0 Å². The van der Waals surface area contributed by atoms with E-state index in [1.165, 1.54) is 12.1 Å². The zero-order chi connectivity index (χ0) is 19.5. The Balaban J connectivity index is 1.34. The number of aromatic amines is 2. The minimum atomic E-state index is -0.458. The number of nitrogens with one attached hydrogen (secondary N) is 2. The van der Waals surface area contributed by atoms with Gasteiger partial charge in [-0.1, -0.05) is 12.1 Å². The first kappa shape index (κ1) is 18.9. The molecule has 150 valence electrons. The maximum atomic E-state index is 14.0. The van der Waals surface area contributed by atoms with Crippen LogP contribution in [0.25, 0.3) is 0 Å². The third-order valence-corrected chi connectivity index (χ3v) is 5.71. The molecule has 0 amide bonds. The normalized spacial score (nSPS) is 21.8. The third-order valence-electron chi connectivity index (χ3n) is 5.71. The van der Waals surface area contributed by atoms with Crippen LogP contribution in [0, 0.1) is 5.82 Å². The van der Waals surface area contributed by atoms with Crippen molar-refractivity contribution in [3.8, 4) is 0 Å². The van der Waals surface area contributed by atoms with Gasteiger partial charge < -0.3 is 9.88 Å². The fourth-order valence-corrected chi connectivity index (χ4v) is 4.35. The first-order chi connectivity index (χ1) is 13.6. The number of piperidine rings is 1. The molecule has 28 heavy (non-hydrogen) atoms. The maximum Gasteiger partial charge on any atom is 0.325 e. The lowest BCUT2D eigenvalue weighted by Gasteiger charge is -2.44. The predicted molar refractivity (Wildman–Crippen MR) is 106 cm³/mol. The average molecular weight is 387 g/mol. The van der Waals surface area contributed by atoms with Crippen LogP contribution in [0.2, 0.25) is 0 Å². The topological polar surface area (TPSA) is 75.4 Å². The molecule has 2 saturated heterocycles. The van der Waals surface area contributed by atoms with Crippen LogP contribution in [0.5, 0.6) is 0 Å². The third kappa shape index (κ3) is 4.34. The number of H-pyrrole nitrogens is 2. The second kappa shape index (κ2) is 8.28. The van der Waals surface area contributed by atoms with Crippen molar-refractivity contribution in [2.45, 2.75) is 25.4 Å². The summed E-state index contributed by atoms with van der Waals surface area (Å²) >= 11 is 0. The van der Waals surface area contributed by atoms with Gasteiger partial charge >= 0.3 is 5.69 Å². The van der Waals surface area contributed by atoms with E-state index < -0.39 is 5.69 Å². The molecule has 0 bridgehead atoms. The molecule has 2 aliphatic heterocycles. The summed E-state index contributed by atoms with van der Waals surface area (Å²) in [5, 5.41) is 0. The zero-order valence-electron chi connectivity index (χ0n) is 15.9. The summed E-state index contributed by atoms with van der Waals surface area (Å²) in [5.74, 6) is -0.161. The van der Waals surface area contributed by atoms with Crippen molar-refractivity contribution >= 4 is 5.69 Å². The lowest BCUT2D eigenvalue weighted by Crippen LogP contribution is -2.55. The molecule has 2 aliphatic rings. The molecule has 0 spiro atoms. The molecule has 1 atom stereocenters. The number of likely N-dealkylation sites (tertiary alicyclic amines) is 1.